The molecule has 0 aliphatic heterocycles. The molecule has 12 rings (SSSR count). The van der Waals surface area contributed by atoms with Crippen LogP contribution in [0.3, 0.4) is 0 Å². The number of para-hydroxylation sites is 1. The third-order valence-electron chi connectivity index (χ3n) is 12.9. The zero-order chi connectivity index (χ0) is 39.3. The SMILES string of the molecule is CC1(C)c2ccccc2C2(c3ccccc3-c3ccc(-c4ccc5c(c4)c4ccccc4n5-c4nc(-c5ccccc5)nc(-c5ccccc5)n4)cc32)c2ccccc21. The van der Waals surface area contributed by atoms with Crippen molar-refractivity contribution in [2.45, 2.75) is 24.7 Å². The number of benzene rings is 8. The van der Waals surface area contributed by atoms with E-state index in [9.17, 15) is 0 Å². The van der Waals surface area contributed by atoms with Crippen molar-refractivity contribution in [2.75, 3.05) is 0 Å². The standard InChI is InChI=1S/C55H38N4/c1-54(2)44-24-12-14-26-46(44)55(47-27-15-13-25-45(47)54)43-23-11-9-21-39(43)40-31-29-38(34-48(40)55)37-30-32-50-42(33-37)41-22-10-16-28-49(41)59(50)53-57-51(35-17-5-3-6-18-35)56-52(58-53)36-19-7-4-8-20-36/h3-34H,1-2H3. The summed E-state index contributed by atoms with van der Waals surface area (Å²) in [5.74, 6) is 1.87. The molecule has 10 aromatic rings. The molecule has 0 bridgehead atoms. The van der Waals surface area contributed by atoms with Crippen LogP contribution in [0.2, 0.25) is 0 Å². The van der Waals surface area contributed by atoms with E-state index < -0.39 is 5.41 Å². The molecule has 0 saturated heterocycles. The summed E-state index contributed by atoms with van der Waals surface area (Å²) in [5, 5.41) is 2.30. The lowest BCUT2D eigenvalue weighted by molar-refractivity contribution is 0.563. The summed E-state index contributed by atoms with van der Waals surface area (Å²) in [6, 6.07) is 70.3. The number of rotatable bonds is 4. The predicted molar refractivity (Wildman–Crippen MR) is 240 cm³/mol. The van der Waals surface area contributed by atoms with Crippen molar-refractivity contribution in [3.63, 3.8) is 0 Å². The molecule has 4 nitrogen and oxygen atoms in total. The molecule has 0 N–H and O–H groups in total. The van der Waals surface area contributed by atoms with Crippen molar-refractivity contribution in [3.05, 3.63) is 228 Å². The van der Waals surface area contributed by atoms with Gasteiger partial charge in [0.25, 0.3) is 0 Å². The first kappa shape index (κ1) is 33.7. The van der Waals surface area contributed by atoms with Gasteiger partial charge >= 0.3 is 0 Å². The van der Waals surface area contributed by atoms with E-state index in [1.165, 1.54) is 50.1 Å². The highest BCUT2D eigenvalue weighted by Crippen LogP contribution is 2.62. The minimum absolute atomic E-state index is 0.144. The Morgan fingerprint density at radius 1 is 0.356 bits per heavy atom. The second-order valence-electron chi connectivity index (χ2n) is 16.4. The summed E-state index contributed by atoms with van der Waals surface area (Å²) >= 11 is 0. The maximum Gasteiger partial charge on any atom is 0.238 e. The van der Waals surface area contributed by atoms with Crippen LogP contribution in [-0.4, -0.2) is 19.5 Å². The lowest BCUT2D eigenvalue weighted by Crippen LogP contribution is -2.40. The molecule has 2 aliphatic rings. The van der Waals surface area contributed by atoms with Crippen molar-refractivity contribution in [2.24, 2.45) is 0 Å². The average molecular weight is 755 g/mol. The Balaban J connectivity index is 1.08. The van der Waals surface area contributed by atoms with E-state index in [0.717, 1.165) is 38.5 Å². The van der Waals surface area contributed by atoms with E-state index in [1.54, 1.807) is 0 Å². The van der Waals surface area contributed by atoms with Crippen LogP contribution in [0.25, 0.3) is 72.8 Å². The van der Waals surface area contributed by atoms with E-state index in [4.69, 9.17) is 15.0 Å². The summed E-state index contributed by atoms with van der Waals surface area (Å²) in [6.45, 7) is 4.76. The van der Waals surface area contributed by atoms with Crippen LogP contribution in [0.5, 0.6) is 0 Å². The van der Waals surface area contributed by atoms with Crippen molar-refractivity contribution >= 4 is 21.8 Å². The number of aromatic nitrogens is 4. The van der Waals surface area contributed by atoms with E-state index in [-0.39, 0.29) is 5.41 Å². The summed E-state index contributed by atoms with van der Waals surface area (Å²) in [6.07, 6.45) is 0. The van der Waals surface area contributed by atoms with Gasteiger partial charge < -0.3 is 0 Å². The fourth-order valence-corrected chi connectivity index (χ4v) is 10.3. The first-order valence-corrected chi connectivity index (χ1v) is 20.4. The molecule has 0 fully saturated rings. The molecule has 0 unspecified atom stereocenters. The van der Waals surface area contributed by atoms with Gasteiger partial charge in [-0.25, -0.2) is 4.98 Å². The van der Waals surface area contributed by atoms with E-state index in [0.29, 0.717) is 17.6 Å². The Hall–Kier alpha value is -7.43. The predicted octanol–water partition coefficient (Wildman–Crippen LogP) is 13.0. The van der Waals surface area contributed by atoms with Gasteiger partial charge in [-0.15, -0.1) is 0 Å². The van der Waals surface area contributed by atoms with Crippen LogP contribution in [0.4, 0.5) is 0 Å². The van der Waals surface area contributed by atoms with E-state index >= 15 is 0 Å². The van der Waals surface area contributed by atoms with Gasteiger partial charge in [-0.2, -0.15) is 9.97 Å². The highest BCUT2D eigenvalue weighted by atomic mass is 15.2. The minimum atomic E-state index is -0.448. The first-order valence-electron chi connectivity index (χ1n) is 20.4. The van der Waals surface area contributed by atoms with Crippen molar-refractivity contribution < 1.29 is 0 Å². The molecule has 2 aliphatic carbocycles. The molecular formula is C55H38N4. The molecule has 0 amide bonds. The fourth-order valence-electron chi connectivity index (χ4n) is 10.3. The molecule has 2 aromatic heterocycles. The summed E-state index contributed by atoms with van der Waals surface area (Å²) in [7, 11) is 0. The van der Waals surface area contributed by atoms with Crippen molar-refractivity contribution in [3.8, 4) is 51.0 Å². The normalized spacial score (nSPS) is 14.2. The largest absolute Gasteiger partial charge is 0.278 e. The third kappa shape index (κ3) is 4.74. The lowest BCUT2D eigenvalue weighted by atomic mass is 9.55. The van der Waals surface area contributed by atoms with Crippen molar-refractivity contribution in [1.29, 1.82) is 0 Å². The van der Waals surface area contributed by atoms with E-state index in [2.05, 4.69) is 176 Å². The van der Waals surface area contributed by atoms with Gasteiger partial charge in [-0.05, 0) is 79.9 Å². The Kier molecular flexibility index (Phi) is 7.16. The molecule has 0 radical (unpaired) electrons. The molecule has 8 aromatic carbocycles. The van der Waals surface area contributed by atoms with Gasteiger partial charge in [0.2, 0.25) is 5.95 Å². The fraction of sp³-hybridized carbons (Fsp3) is 0.0727. The molecule has 2 heterocycles. The zero-order valence-electron chi connectivity index (χ0n) is 32.8. The number of hydrogen-bond donors (Lipinski definition) is 0. The molecule has 0 saturated carbocycles. The second-order valence-corrected chi connectivity index (χ2v) is 16.4. The van der Waals surface area contributed by atoms with Gasteiger partial charge in [0.1, 0.15) is 0 Å². The second kappa shape index (κ2) is 12.5. The van der Waals surface area contributed by atoms with Gasteiger partial charge in [0.05, 0.1) is 16.4 Å². The highest BCUT2D eigenvalue weighted by Gasteiger charge is 2.53. The minimum Gasteiger partial charge on any atom is -0.278 e. The summed E-state index contributed by atoms with van der Waals surface area (Å²) < 4.78 is 2.20. The smallest absolute Gasteiger partial charge is 0.238 e. The van der Waals surface area contributed by atoms with Gasteiger partial charge in [0, 0.05) is 27.3 Å². The Morgan fingerprint density at radius 2 is 0.847 bits per heavy atom. The Bertz CT molecular complexity index is 3200. The number of nitrogens with zero attached hydrogens (tertiary/aromatic N) is 4. The van der Waals surface area contributed by atoms with Crippen LogP contribution in [0.15, 0.2) is 194 Å². The third-order valence-corrected chi connectivity index (χ3v) is 12.9. The molecule has 278 valence electrons. The molecular weight excluding hydrogens is 717 g/mol. The lowest BCUT2D eigenvalue weighted by Gasteiger charge is -2.46. The molecule has 1 spiro atoms. The monoisotopic (exact) mass is 754 g/mol. The van der Waals surface area contributed by atoms with Crippen LogP contribution in [0.1, 0.15) is 47.2 Å². The van der Waals surface area contributed by atoms with Gasteiger partial charge in [-0.1, -0.05) is 184 Å². The average Bonchev–Trinajstić information content (AvgIpc) is 3.79. The summed E-state index contributed by atoms with van der Waals surface area (Å²) in [4.78, 5) is 15.3. The topological polar surface area (TPSA) is 43.6 Å². The molecule has 0 atom stereocenters. The maximum atomic E-state index is 5.15. The van der Waals surface area contributed by atoms with Crippen LogP contribution < -0.4 is 0 Å². The highest BCUT2D eigenvalue weighted by molar-refractivity contribution is 6.10. The van der Waals surface area contributed by atoms with Gasteiger partial charge in [0.15, 0.2) is 11.6 Å². The zero-order valence-corrected chi connectivity index (χ0v) is 32.8. The number of hydrogen-bond acceptors (Lipinski definition) is 3. The van der Waals surface area contributed by atoms with E-state index in [1.807, 2.05) is 36.4 Å². The number of fused-ring (bicyclic) bond motifs is 12. The summed E-state index contributed by atoms with van der Waals surface area (Å²) in [5.41, 5.74) is 16.5. The van der Waals surface area contributed by atoms with Crippen LogP contribution in [0, 0.1) is 0 Å². The molecule has 59 heavy (non-hydrogen) atoms. The Morgan fingerprint density at radius 3 is 1.51 bits per heavy atom. The molecule has 4 heteroatoms. The first-order chi connectivity index (χ1) is 29.0. The van der Waals surface area contributed by atoms with Crippen LogP contribution in [-0.2, 0) is 10.8 Å². The quantitative estimate of drug-likeness (QED) is 0.180. The van der Waals surface area contributed by atoms with Gasteiger partial charge in [-0.3, -0.25) is 4.57 Å². The van der Waals surface area contributed by atoms with Crippen LogP contribution >= 0.6 is 0 Å². The van der Waals surface area contributed by atoms with Crippen molar-refractivity contribution in [1.82, 2.24) is 19.5 Å². The maximum absolute atomic E-state index is 5.15. The Labute approximate surface area is 343 Å².